The second-order valence-corrected chi connectivity index (χ2v) is 5.61. The van der Waals surface area contributed by atoms with Gasteiger partial charge in [0.1, 0.15) is 0 Å². The monoisotopic (exact) mass is 367 g/mol. The summed E-state index contributed by atoms with van der Waals surface area (Å²) in [5, 5.41) is 4.46. The number of carbonyl (C=O) groups excluding carboxylic acids is 1. The Hall–Kier alpha value is -3.32. The fourth-order valence-corrected chi connectivity index (χ4v) is 2.66. The van der Waals surface area contributed by atoms with Crippen molar-refractivity contribution in [2.45, 2.75) is 6.92 Å². The van der Waals surface area contributed by atoms with Crippen LogP contribution in [0.2, 0.25) is 0 Å². The lowest BCUT2D eigenvalue weighted by atomic mass is 10.1. The van der Waals surface area contributed by atoms with E-state index in [0.717, 1.165) is 11.3 Å². The average Bonchev–Trinajstić information content (AvgIpc) is 3.17. The van der Waals surface area contributed by atoms with Crippen LogP contribution in [0.15, 0.2) is 54.7 Å². The molecule has 0 aliphatic rings. The summed E-state index contributed by atoms with van der Waals surface area (Å²) in [6, 6.07) is 15.0. The summed E-state index contributed by atoms with van der Waals surface area (Å²) >= 11 is 0. The minimum Gasteiger partial charge on any atom is -0.493 e. The zero-order chi connectivity index (χ0) is 19.2. The molecule has 0 bridgehead atoms. The van der Waals surface area contributed by atoms with Gasteiger partial charge in [0.05, 0.1) is 26.5 Å². The average molecular weight is 367 g/mol. The zero-order valence-corrected chi connectivity index (χ0v) is 15.4. The number of hydrogen-bond donors (Lipinski definition) is 1. The first-order valence-electron chi connectivity index (χ1n) is 8.47. The maximum Gasteiger partial charge on any atom is 0.295 e. The predicted octanol–water partition coefficient (Wildman–Crippen LogP) is 3.24. The molecule has 1 aromatic heterocycles. The normalized spacial score (nSPS) is 10.5. The largest absolute Gasteiger partial charge is 0.493 e. The van der Waals surface area contributed by atoms with E-state index in [0.29, 0.717) is 23.7 Å². The number of benzene rings is 2. The van der Waals surface area contributed by atoms with Gasteiger partial charge >= 0.3 is 0 Å². The van der Waals surface area contributed by atoms with Gasteiger partial charge in [-0.1, -0.05) is 24.3 Å². The summed E-state index contributed by atoms with van der Waals surface area (Å²) in [4.78, 5) is 17.6. The molecule has 0 saturated heterocycles. The van der Waals surface area contributed by atoms with Crippen molar-refractivity contribution in [1.82, 2.24) is 15.3 Å². The van der Waals surface area contributed by atoms with Crippen molar-refractivity contribution in [3.05, 3.63) is 60.4 Å². The smallest absolute Gasteiger partial charge is 0.295 e. The zero-order valence-electron chi connectivity index (χ0n) is 15.4. The summed E-state index contributed by atoms with van der Waals surface area (Å²) in [5.74, 6) is 0.756. The Balaban J connectivity index is 2.09. The van der Waals surface area contributed by atoms with Gasteiger partial charge in [0.15, 0.2) is 17.2 Å². The summed E-state index contributed by atoms with van der Waals surface area (Å²) < 4.78 is 12.3. The summed E-state index contributed by atoms with van der Waals surface area (Å²) in [5.41, 5.74) is 4.92. The molecule has 2 aromatic carbocycles. The molecular formula is C20H21N3O4. The second-order valence-electron chi connectivity index (χ2n) is 5.61. The highest BCUT2D eigenvalue weighted by molar-refractivity contribution is 5.98. The van der Waals surface area contributed by atoms with Crippen LogP contribution in [0.1, 0.15) is 17.4 Å². The number of para-hydroxylation sites is 1. The molecule has 1 amide bonds. The molecule has 1 N–H and O–H groups in total. The van der Waals surface area contributed by atoms with Crippen molar-refractivity contribution in [2.75, 3.05) is 20.8 Å². The highest BCUT2D eigenvalue weighted by Gasteiger charge is 2.20. The van der Waals surface area contributed by atoms with Crippen LogP contribution in [0.5, 0.6) is 11.5 Å². The maximum absolute atomic E-state index is 12.6. The number of aromatic nitrogens is 2. The van der Waals surface area contributed by atoms with Crippen molar-refractivity contribution in [2.24, 2.45) is 0 Å². The van der Waals surface area contributed by atoms with E-state index in [-0.39, 0.29) is 5.69 Å². The Morgan fingerprint density at radius 1 is 1.07 bits per heavy atom. The molecule has 0 radical (unpaired) electrons. The molecule has 0 atom stereocenters. The van der Waals surface area contributed by atoms with Crippen LogP contribution in [-0.4, -0.2) is 36.5 Å². The number of hydrogen-bond acceptors (Lipinski definition) is 5. The fraction of sp³-hybridized carbons (Fsp3) is 0.200. The molecule has 0 spiro atoms. The Morgan fingerprint density at radius 3 is 2.48 bits per heavy atom. The summed E-state index contributed by atoms with van der Waals surface area (Å²) in [6.07, 6.45) is 1.80. The molecule has 0 unspecified atom stereocenters. The number of amides is 1. The third-order valence-electron chi connectivity index (χ3n) is 3.95. The van der Waals surface area contributed by atoms with Gasteiger partial charge in [0.2, 0.25) is 0 Å². The van der Waals surface area contributed by atoms with E-state index in [1.807, 2.05) is 42.5 Å². The van der Waals surface area contributed by atoms with E-state index in [4.69, 9.17) is 14.3 Å². The lowest BCUT2D eigenvalue weighted by Gasteiger charge is -2.09. The molecule has 0 aliphatic carbocycles. The number of rotatable bonds is 7. The SMILES string of the molecule is CCONC(=O)c1nn(-c2ccccc2)cc1-c1ccc(OC)c(OC)c1. The number of ether oxygens (including phenoxy) is 2. The van der Waals surface area contributed by atoms with E-state index in [1.165, 1.54) is 0 Å². The third kappa shape index (κ3) is 3.93. The number of nitrogens with one attached hydrogen (secondary N) is 1. The van der Waals surface area contributed by atoms with Crippen LogP contribution >= 0.6 is 0 Å². The van der Waals surface area contributed by atoms with Crippen LogP contribution in [0, 0.1) is 0 Å². The van der Waals surface area contributed by atoms with Gasteiger partial charge in [-0.25, -0.2) is 10.2 Å². The predicted molar refractivity (Wildman–Crippen MR) is 101 cm³/mol. The molecule has 7 heteroatoms. The first-order chi connectivity index (χ1) is 13.2. The highest BCUT2D eigenvalue weighted by atomic mass is 16.6. The van der Waals surface area contributed by atoms with Gasteiger partial charge in [0, 0.05) is 11.8 Å². The van der Waals surface area contributed by atoms with E-state index < -0.39 is 5.91 Å². The van der Waals surface area contributed by atoms with E-state index in [2.05, 4.69) is 10.6 Å². The molecule has 1 heterocycles. The summed E-state index contributed by atoms with van der Waals surface area (Å²) in [6.45, 7) is 2.15. The number of carbonyl (C=O) groups is 1. The van der Waals surface area contributed by atoms with Crippen molar-refractivity contribution < 1.29 is 19.1 Å². The maximum atomic E-state index is 12.6. The van der Waals surface area contributed by atoms with Gasteiger partial charge in [-0.2, -0.15) is 5.10 Å². The van der Waals surface area contributed by atoms with Gasteiger partial charge in [0.25, 0.3) is 5.91 Å². The molecule has 3 aromatic rings. The van der Waals surface area contributed by atoms with Crippen LogP contribution in [-0.2, 0) is 4.84 Å². The molecule has 140 valence electrons. The minimum absolute atomic E-state index is 0.250. The van der Waals surface area contributed by atoms with Gasteiger partial charge in [-0.15, -0.1) is 0 Å². The van der Waals surface area contributed by atoms with Crippen molar-refractivity contribution in [3.8, 4) is 28.3 Å². The van der Waals surface area contributed by atoms with E-state index >= 15 is 0 Å². The first kappa shape index (κ1) is 18.5. The molecule has 7 nitrogen and oxygen atoms in total. The Bertz CT molecular complexity index is 922. The highest BCUT2D eigenvalue weighted by Crippen LogP contribution is 2.33. The van der Waals surface area contributed by atoms with Crippen LogP contribution < -0.4 is 15.0 Å². The van der Waals surface area contributed by atoms with Gasteiger partial charge in [-0.05, 0) is 36.8 Å². The van der Waals surface area contributed by atoms with Crippen molar-refractivity contribution in [1.29, 1.82) is 0 Å². The van der Waals surface area contributed by atoms with Gasteiger partial charge < -0.3 is 9.47 Å². The van der Waals surface area contributed by atoms with Crippen LogP contribution in [0.3, 0.4) is 0 Å². The molecule has 0 saturated carbocycles. The number of methoxy groups -OCH3 is 2. The third-order valence-corrected chi connectivity index (χ3v) is 3.95. The van der Waals surface area contributed by atoms with E-state index in [9.17, 15) is 4.79 Å². The van der Waals surface area contributed by atoms with Crippen LogP contribution in [0.25, 0.3) is 16.8 Å². The standard InChI is InChI=1S/C20H21N3O4/c1-4-27-22-20(24)19-16(13-23(21-19)15-8-6-5-7-9-15)14-10-11-17(25-2)18(12-14)26-3/h5-13H,4H2,1-3H3,(H,22,24). The Morgan fingerprint density at radius 2 is 1.81 bits per heavy atom. The number of nitrogens with zero attached hydrogens (tertiary/aromatic N) is 2. The number of hydroxylamine groups is 1. The minimum atomic E-state index is -0.420. The van der Waals surface area contributed by atoms with E-state index in [1.54, 1.807) is 38.1 Å². The van der Waals surface area contributed by atoms with Crippen molar-refractivity contribution in [3.63, 3.8) is 0 Å². The Kier molecular flexibility index (Phi) is 5.73. The quantitative estimate of drug-likeness (QED) is 0.649. The lowest BCUT2D eigenvalue weighted by molar-refractivity contribution is 0.0360. The molecule has 27 heavy (non-hydrogen) atoms. The molecule has 3 rings (SSSR count). The topological polar surface area (TPSA) is 74.6 Å². The second kappa shape index (κ2) is 8.37. The van der Waals surface area contributed by atoms with Gasteiger partial charge in [-0.3, -0.25) is 9.63 Å². The Labute approximate surface area is 157 Å². The molecule has 0 fully saturated rings. The first-order valence-corrected chi connectivity index (χ1v) is 8.47. The fourth-order valence-electron chi connectivity index (χ4n) is 2.66. The lowest BCUT2D eigenvalue weighted by Crippen LogP contribution is -2.24. The molecule has 0 aliphatic heterocycles. The summed E-state index contributed by atoms with van der Waals surface area (Å²) in [7, 11) is 3.14. The van der Waals surface area contributed by atoms with Crippen LogP contribution in [0.4, 0.5) is 0 Å². The molecular weight excluding hydrogens is 346 g/mol. The van der Waals surface area contributed by atoms with Crippen molar-refractivity contribution >= 4 is 5.91 Å².